The van der Waals surface area contributed by atoms with Crippen molar-refractivity contribution in [2.75, 3.05) is 18.2 Å². The molecule has 0 amide bonds. The summed E-state index contributed by atoms with van der Waals surface area (Å²) in [6.45, 7) is 0. The summed E-state index contributed by atoms with van der Waals surface area (Å²) in [7, 11) is -2.06. The molecule has 1 aromatic carbocycles. The average molecular weight is 184 g/mol. The summed E-state index contributed by atoms with van der Waals surface area (Å²) in [6.07, 6.45) is 3.20. The molecule has 0 unspecified atom stereocenters. The first-order chi connectivity index (χ1) is 5.47. The van der Waals surface area contributed by atoms with Crippen LogP contribution in [0.5, 0.6) is 0 Å². The quantitative estimate of drug-likeness (QED) is 0.674. The second kappa shape index (κ2) is 3.15. The van der Waals surface area contributed by atoms with Crippen LogP contribution < -0.4 is 5.73 Å². The van der Waals surface area contributed by atoms with Crippen LogP contribution in [-0.2, 0) is 9.73 Å². The van der Waals surface area contributed by atoms with Crippen molar-refractivity contribution in [1.29, 1.82) is 0 Å². The van der Waals surface area contributed by atoms with E-state index < -0.39 is 9.73 Å². The summed E-state index contributed by atoms with van der Waals surface area (Å²) in [4.78, 5) is 0. The second-order valence-corrected chi connectivity index (χ2v) is 5.41. The van der Waals surface area contributed by atoms with Gasteiger partial charge in [0.05, 0.1) is 5.69 Å². The van der Waals surface area contributed by atoms with Crippen LogP contribution in [0.15, 0.2) is 28.6 Å². The first-order valence-electron chi connectivity index (χ1n) is 3.50. The first-order valence-corrected chi connectivity index (χ1v) is 5.83. The van der Waals surface area contributed by atoms with E-state index in [1.807, 2.05) is 0 Å². The van der Waals surface area contributed by atoms with Gasteiger partial charge in [-0.1, -0.05) is 0 Å². The molecule has 0 spiro atoms. The molecule has 0 atom stereocenters. The lowest BCUT2D eigenvalue weighted by Gasteiger charge is -1.96. The van der Waals surface area contributed by atoms with E-state index >= 15 is 0 Å². The van der Waals surface area contributed by atoms with Crippen LogP contribution in [-0.4, -0.2) is 16.7 Å². The molecule has 0 fully saturated rings. The molecule has 0 aromatic heterocycles. The molecule has 1 aromatic rings. The lowest BCUT2D eigenvalue weighted by Crippen LogP contribution is -1.89. The average Bonchev–Trinajstić information content (AvgIpc) is 1.91. The van der Waals surface area contributed by atoms with Crippen molar-refractivity contribution in [2.45, 2.75) is 0 Å². The Hall–Kier alpha value is -1.03. The minimum Gasteiger partial charge on any atom is -0.399 e. The van der Waals surface area contributed by atoms with E-state index in [9.17, 15) is 4.21 Å². The maximum atomic E-state index is 11.2. The monoisotopic (exact) mass is 184 g/mol. The van der Waals surface area contributed by atoms with Crippen LogP contribution in [0.3, 0.4) is 0 Å². The van der Waals surface area contributed by atoms with Gasteiger partial charge in [0, 0.05) is 27.9 Å². The van der Waals surface area contributed by atoms with E-state index in [0.717, 1.165) is 0 Å². The smallest absolute Gasteiger partial charge is 0.0731 e. The number of rotatable bonds is 1. The summed E-state index contributed by atoms with van der Waals surface area (Å²) < 4.78 is 15.2. The van der Waals surface area contributed by atoms with Crippen molar-refractivity contribution in [3.05, 3.63) is 24.3 Å². The molecule has 4 heteroatoms. The molecule has 0 bridgehead atoms. The number of hydrogen-bond acceptors (Lipinski definition) is 3. The van der Waals surface area contributed by atoms with E-state index in [1.54, 1.807) is 36.8 Å². The Kier molecular flexibility index (Phi) is 2.38. The molecule has 2 N–H and O–H groups in total. The summed E-state index contributed by atoms with van der Waals surface area (Å²) in [5.74, 6) is 0. The minimum absolute atomic E-state index is 0.688. The third kappa shape index (κ3) is 2.92. The molecule has 1 rings (SSSR count). The van der Waals surface area contributed by atoms with E-state index in [1.165, 1.54) is 0 Å². The van der Waals surface area contributed by atoms with Gasteiger partial charge in [0.25, 0.3) is 0 Å². The highest BCUT2D eigenvalue weighted by Crippen LogP contribution is 2.15. The van der Waals surface area contributed by atoms with Gasteiger partial charge in [0.15, 0.2) is 0 Å². The Labute approximate surface area is 72.8 Å². The third-order valence-electron chi connectivity index (χ3n) is 1.22. The zero-order valence-corrected chi connectivity index (χ0v) is 7.97. The zero-order chi connectivity index (χ0) is 9.19. The number of benzene rings is 1. The van der Waals surface area contributed by atoms with Gasteiger partial charge in [-0.05, 0) is 24.3 Å². The highest BCUT2D eigenvalue weighted by molar-refractivity contribution is 7.92. The summed E-state index contributed by atoms with van der Waals surface area (Å²) >= 11 is 0. The molecule has 0 heterocycles. The molecule has 0 saturated carbocycles. The predicted molar refractivity (Wildman–Crippen MR) is 52.9 cm³/mol. The second-order valence-electron chi connectivity index (χ2n) is 2.86. The van der Waals surface area contributed by atoms with Crippen LogP contribution >= 0.6 is 0 Å². The van der Waals surface area contributed by atoms with Crippen molar-refractivity contribution in [2.24, 2.45) is 4.36 Å². The zero-order valence-electron chi connectivity index (χ0n) is 7.15. The third-order valence-corrected chi connectivity index (χ3v) is 1.87. The highest BCUT2D eigenvalue weighted by atomic mass is 32.2. The van der Waals surface area contributed by atoms with Crippen molar-refractivity contribution in [3.8, 4) is 0 Å². The molecular weight excluding hydrogens is 172 g/mol. The Morgan fingerprint density at radius 2 is 1.75 bits per heavy atom. The Morgan fingerprint density at radius 1 is 1.25 bits per heavy atom. The summed E-state index contributed by atoms with van der Waals surface area (Å²) in [5.41, 5.74) is 6.87. The fourth-order valence-corrected chi connectivity index (χ4v) is 1.42. The minimum atomic E-state index is -2.06. The van der Waals surface area contributed by atoms with Gasteiger partial charge >= 0.3 is 0 Å². The lowest BCUT2D eigenvalue weighted by atomic mass is 10.3. The van der Waals surface area contributed by atoms with Crippen LogP contribution in [0.1, 0.15) is 0 Å². The van der Waals surface area contributed by atoms with Gasteiger partial charge in [-0.15, -0.1) is 0 Å². The molecule has 12 heavy (non-hydrogen) atoms. The van der Waals surface area contributed by atoms with Gasteiger partial charge in [-0.2, -0.15) is 4.36 Å². The van der Waals surface area contributed by atoms with Crippen molar-refractivity contribution in [1.82, 2.24) is 0 Å². The van der Waals surface area contributed by atoms with Gasteiger partial charge in [0.1, 0.15) is 0 Å². The standard InChI is InChI=1S/C8H12N2OS/c1-12(2,11)10-8-5-3-7(9)4-6-8/h3-6H,9H2,1-2H3. The molecule has 0 aliphatic carbocycles. The van der Waals surface area contributed by atoms with Crippen LogP contribution in [0.2, 0.25) is 0 Å². The summed E-state index contributed by atoms with van der Waals surface area (Å²) in [5, 5.41) is 0. The fourth-order valence-electron chi connectivity index (χ4n) is 0.789. The Morgan fingerprint density at radius 3 is 2.17 bits per heavy atom. The van der Waals surface area contributed by atoms with E-state index in [2.05, 4.69) is 4.36 Å². The largest absolute Gasteiger partial charge is 0.399 e. The molecule has 0 aliphatic heterocycles. The SMILES string of the molecule is CS(C)(=O)=Nc1ccc(N)cc1. The molecule has 0 saturated heterocycles. The molecular formula is C8H12N2OS. The summed E-state index contributed by atoms with van der Waals surface area (Å²) in [6, 6.07) is 6.98. The Balaban J connectivity index is 3.08. The molecule has 0 aliphatic rings. The van der Waals surface area contributed by atoms with Gasteiger partial charge < -0.3 is 5.73 Å². The molecule has 0 radical (unpaired) electrons. The topological polar surface area (TPSA) is 55.5 Å². The first kappa shape index (κ1) is 9.06. The van der Waals surface area contributed by atoms with E-state index in [-0.39, 0.29) is 0 Å². The number of hydrogen-bond donors (Lipinski definition) is 1. The van der Waals surface area contributed by atoms with Crippen molar-refractivity contribution >= 4 is 21.1 Å². The molecule has 3 nitrogen and oxygen atoms in total. The van der Waals surface area contributed by atoms with E-state index in [4.69, 9.17) is 5.73 Å². The van der Waals surface area contributed by atoms with Crippen LogP contribution in [0.4, 0.5) is 11.4 Å². The number of nitrogen functional groups attached to an aromatic ring is 1. The maximum absolute atomic E-state index is 11.2. The fraction of sp³-hybridized carbons (Fsp3) is 0.250. The predicted octanol–water partition coefficient (Wildman–Crippen LogP) is 1.63. The van der Waals surface area contributed by atoms with Crippen LogP contribution in [0.25, 0.3) is 0 Å². The van der Waals surface area contributed by atoms with Gasteiger partial charge in [0.2, 0.25) is 0 Å². The van der Waals surface area contributed by atoms with Crippen molar-refractivity contribution in [3.63, 3.8) is 0 Å². The van der Waals surface area contributed by atoms with Crippen molar-refractivity contribution < 1.29 is 4.21 Å². The van der Waals surface area contributed by atoms with Gasteiger partial charge in [-0.3, -0.25) is 0 Å². The Bertz CT molecular complexity index is 367. The molecule has 66 valence electrons. The number of anilines is 1. The van der Waals surface area contributed by atoms with Crippen LogP contribution in [0, 0.1) is 0 Å². The van der Waals surface area contributed by atoms with Gasteiger partial charge in [-0.25, -0.2) is 4.21 Å². The number of nitrogens with two attached hydrogens (primary N) is 1. The van der Waals surface area contributed by atoms with E-state index in [0.29, 0.717) is 11.4 Å². The lowest BCUT2D eigenvalue weighted by molar-refractivity contribution is 0.684. The highest BCUT2D eigenvalue weighted by Gasteiger charge is 1.92. The normalized spacial score (nSPS) is 11.2. The number of nitrogens with zero attached hydrogens (tertiary/aromatic N) is 1. The maximum Gasteiger partial charge on any atom is 0.0731 e.